The number of ketones is 1. The van der Waals surface area contributed by atoms with Crippen LogP contribution in [0.25, 0.3) is 11.0 Å². The van der Waals surface area contributed by atoms with Crippen molar-refractivity contribution in [1.82, 2.24) is 20.0 Å². The summed E-state index contributed by atoms with van der Waals surface area (Å²) in [6.07, 6.45) is 1.71. The first-order valence-corrected chi connectivity index (χ1v) is 9.67. The Morgan fingerprint density at radius 2 is 1.87 bits per heavy atom. The first-order valence-electron chi connectivity index (χ1n) is 8.91. The highest BCUT2D eigenvalue weighted by Crippen LogP contribution is 2.24. The third-order valence-corrected chi connectivity index (χ3v) is 4.94. The van der Waals surface area contributed by atoms with Crippen LogP contribution >= 0.6 is 23.2 Å². The molecule has 158 valence electrons. The molecule has 0 aliphatic heterocycles. The number of halogens is 2. The highest BCUT2D eigenvalue weighted by atomic mass is 35.5. The average Bonchev–Trinajstić information content (AvgIpc) is 3.16. The highest BCUT2D eigenvalue weighted by Gasteiger charge is 2.28. The van der Waals surface area contributed by atoms with E-state index in [9.17, 15) is 9.59 Å². The monoisotopic (exact) mass is 458 g/mol. The molecule has 1 atom stereocenters. The van der Waals surface area contributed by atoms with Gasteiger partial charge in [-0.05, 0) is 42.5 Å². The summed E-state index contributed by atoms with van der Waals surface area (Å²) in [4.78, 5) is 29.7. The first kappa shape index (κ1) is 22.4. The molecule has 4 aromatic rings. The maximum atomic E-state index is 13.2. The molecule has 0 fully saturated rings. The summed E-state index contributed by atoms with van der Waals surface area (Å²) in [5, 5.41) is 8.72. The molecule has 31 heavy (non-hydrogen) atoms. The lowest BCUT2D eigenvalue weighted by Gasteiger charge is -2.18. The van der Waals surface area contributed by atoms with E-state index in [4.69, 9.17) is 27.9 Å². The van der Waals surface area contributed by atoms with Gasteiger partial charge in [0.05, 0.1) is 22.6 Å². The highest BCUT2D eigenvalue weighted by molar-refractivity contribution is 6.37. The van der Waals surface area contributed by atoms with E-state index < -0.39 is 17.9 Å². The number of Topliss-reactive ketones (excluding diaryl/α,β-unsaturated/α-hetero) is 1. The number of esters is 1. The van der Waals surface area contributed by atoms with Gasteiger partial charge in [-0.1, -0.05) is 40.5 Å². The largest absolute Gasteiger partial charge is 0.448 e. The molecule has 0 radical (unpaired) electrons. The van der Waals surface area contributed by atoms with E-state index in [0.29, 0.717) is 16.1 Å². The fourth-order valence-corrected chi connectivity index (χ4v) is 3.43. The SMILES string of the molecule is O.O=C(O[C@@H](Cn1nnc2ccccc21)C(=O)c1ccc(Cl)cc1Cl)c1cccnc1. The maximum absolute atomic E-state index is 13.2. The minimum atomic E-state index is -1.19. The molecule has 0 saturated heterocycles. The van der Waals surface area contributed by atoms with Gasteiger partial charge in [-0.3, -0.25) is 9.78 Å². The number of pyridine rings is 1. The number of fused-ring (bicyclic) bond motifs is 1. The second kappa shape index (κ2) is 9.65. The van der Waals surface area contributed by atoms with Gasteiger partial charge in [-0.2, -0.15) is 0 Å². The quantitative estimate of drug-likeness (QED) is 0.322. The molecule has 0 unspecified atom stereocenters. The summed E-state index contributed by atoms with van der Waals surface area (Å²) in [5.74, 6) is -1.16. The molecule has 4 rings (SSSR count). The Kier molecular flexibility index (Phi) is 6.96. The molecular weight excluding hydrogens is 443 g/mol. The molecular formula is C21H16Cl2N4O4. The lowest BCUT2D eigenvalue weighted by Crippen LogP contribution is -2.32. The van der Waals surface area contributed by atoms with Crippen LogP contribution in [0.4, 0.5) is 0 Å². The van der Waals surface area contributed by atoms with Gasteiger partial charge in [-0.25, -0.2) is 9.48 Å². The van der Waals surface area contributed by atoms with Crippen molar-refractivity contribution < 1.29 is 19.8 Å². The fourth-order valence-electron chi connectivity index (χ4n) is 2.93. The van der Waals surface area contributed by atoms with E-state index in [2.05, 4.69) is 15.3 Å². The topological polar surface area (TPSA) is 118 Å². The summed E-state index contributed by atoms with van der Waals surface area (Å²) < 4.78 is 7.06. The molecule has 0 bridgehead atoms. The minimum absolute atomic E-state index is 0. The Labute approximate surface area is 186 Å². The van der Waals surface area contributed by atoms with Gasteiger partial charge in [0, 0.05) is 23.0 Å². The van der Waals surface area contributed by atoms with Crippen LogP contribution in [0.3, 0.4) is 0 Å². The van der Waals surface area contributed by atoms with Crippen molar-refractivity contribution in [3.63, 3.8) is 0 Å². The third-order valence-electron chi connectivity index (χ3n) is 4.39. The molecule has 10 heteroatoms. The van der Waals surface area contributed by atoms with Crippen molar-refractivity contribution >= 4 is 46.0 Å². The van der Waals surface area contributed by atoms with Crippen LogP contribution in [-0.4, -0.2) is 43.3 Å². The van der Waals surface area contributed by atoms with Crippen LogP contribution in [0.15, 0.2) is 67.0 Å². The molecule has 8 nitrogen and oxygen atoms in total. The number of para-hydroxylation sites is 1. The Morgan fingerprint density at radius 3 is 2.61 bits per heavy atom. The fraction of sp³-hybridized carbons (Fsp3) is 0.0952. The number of aromatic nitrogens is 4. The Hall–Kier alpha value is -3.33. The number of carbonyl (C=O) groups excluding carboxylic acids is 2. The smallest absolute Gasteiger partial charge is 0.340 e. The standard InChI is InChI=1S/C21H14Cl2N4O3.H2O/c22-14-7-8-15(16(23)10-14)20(28)19(30-21(29)13-4-3-9-24-11-13)12-27-18-6-2-1-5-17(18)25-26-27;/h1-11,19H,12H2;1H2/t19-;/m0./s1. The zero-order valence-electron chi connectivity index (χ0n) is 15.9. The Morgan fingerprint density at radius 1 is 1.06 bits per heavy atom. The van der Waals surface area contributed by atoms with Crippen molar-refractivity contribution in [3.05, 3.63) is 88.2 Å². The summed E-state index contributed by atoms with van der Waals surface area (Å²) in [7, 11) is 0. The average molecular weight is 459 g/mol. The van der Waals surface area contributed by atoms with Crippen molar-refractivity contribution in [2.75, 3.05) is 0 Å². The van der Waals surface area contributed by atoms with Crippen LogP contribution in [0.1, 0.15) is 20.7 Å². The number of carbonyl (C=O) groups is 2. The molecule has 0 aliphatic rings. The molecule has 2 aromatic carbocycles. The minimum Gasteiger partial charge on any atom is -0.448 e. The van der Waals surface area contributed by atoms with E-state index in [1.54, 1.807) is 24.3 Å². The van der Waals surface area contributed by atoms with Crippen molar-refractivity contribution in [1.29, 1.82) is 0 Å². The van der Waals surface area contributed by atoms with Gasteiger partial charge in [0.2, 0.25) is 5.78 Å². The maximum Gasteiger partial charge on any atom is 0.340 e. The van der Waals surface area contributed by atoms with Crippen LogP contribution in [0, 0.1) is 0 Å². The molecule has 2 heterocycles. The summed E-state index contributed by atoms with van der Waals surface area (Å²) in [6.45, 7) is -0.0374. The molecule has 0 aliphatic carbocycles. The zero-order valence-corrected chi connectivity index (χ0v) is 17.4. The Balaban J connectivity index is 0.00000272. The summed E-state index contributed by atoms with van der Waals surface area (Å²) >= 11 is 12.1. The number of rotatable bonds is 6. The van der Waals surface area contributed by atoms with E-state index >= 15 is 0 Å². The molecule has 0 amide bonds. The molecule has 2 aromatic heterocycles. The first-order chi connectivity index (χ1) is 14.5. The van der Waals surface area contributed by atoms with Crippen molar-refractivity contribution in [2.24, 2.45) is 0 Å². The number of nitrogens with zero attached hydrogens (tertiary/aromatic N) is 4. The zero-order chi connectivity index (χ0) is 21.1. The number of hydrogen-bond acceptors (Lipinski definition) is 6. The van der Waals surface area contributed by atoms with Crippen LogP contribution in [0.5, 0.6) is 0 Å². The molecule has 0 saturated carbocycles. The van der Waals surface area contributed by atoms with Crippen LogP contribution in [-0.2, 0) is 11.3 Å². The predicted molar refractivity (Wildman–Crippen MR) is 115 cm³/mol. The van der Waals surface area contributed by atoms with Crippen LogP contribution in [0.2, 0.25) is 10.0 Å². The summed E-state index contributed by atoms with van der Waals surface area (Å²) in [5.41, 5.74) is 1.78. The van der Waals surface area contributed by atoms with Gasteiger partial charge in [-0.15, -0.1) is 5.10 Å². The second-order valence-corrected chi connectivity index (χ2v) is 7.23. The van der Waals surface area contributed by atoms with Crippen molar-refractivity contribution in [3.8, 4) is 0 Å². The van der Waals surface area contributed by atoms with Gasteiger partial charge < -0.3 is 10.2 Å². The van der Waals surface area contributed by atoms with E-state index in [1.165, 1.54) is 29.2 Å². The normalized spacial score (nSPS) is 11.5. The van der Waals surface area contributed by atoms with Crippen molar-refractivity contribution in [2.45, 2.75) is 12.6 Å². The van der Waals surface area contributed by atoms with Gasteiger partial charge in [0.15, 0.2) is 6.10 Å². The summed E-state index contributed by atoms with van der Waals surface area (Å²) in [6, 6.07) is 14.9. The van der Waals surface area contributed by atoms with Gasteiger partial charge >= 0.3 is 5.97 Å². The predicted octanol–water partition coefficient (Wildman–Crippen LogP) is 3.42. The van der Waals surface area contributed by atoms with Gasteiger partial charge in [0.1, 0.15) is 5.52 Å². The molecule has 0 spiro atoms. The lowest BCUT2D eigenvalue weighted by molar-refractivity contribution is 0.0244. The Bertz CT molecular complexity index is 1230. The van der Waals surface area contributed by atoms with E-state index in [0.717, 1.165) is 0 Å². The number of benzene rings is 2. The van der Waals surface area contributed by atoms with Crippen LogP contribution < -0.4 is 0 Å². The third kappa shape index (κ3) is 4.88. The number of ether oxygens (including phenoxy) is 1. The van der Waals surface area contributed by atoms with E-state index in [1.807, 2.05) is 18.2 Å². The number of hydrogen-bond donors (Lipinski definition) is 0. The second-order valence-electron chi connectivity index (χ2n) is 6.38. The lowest BCUT2D eigenvalue weighted by atomic mass is 10.1. The van der Waals surface area contributed by atoms with Gasteiger partial charge in [0.25, 0.3) is 0 Å². The molecule has 2 N–H and O–H groups in total. The van der Waals surface area contributed by atoms with E-state index in [-0.39, 0.29) is 28.2 Å².